The van der Waals surface area contributed by atoms with Gasteiger partial charge in [0.05, 0.1) is 33.4 Å². The number of aliphatic hydroxyl groups is 1. The number of hydrogen-bond donors (Lipinski definition) is 2. The largest absolute Gasteiger partial charge is 0.490 e. The minimum atomic E-state index is -0.674. The molecule has 7 nitrogen and oxygen atoms in total. The van der Waals surface area contributed by atoms with Crippen LogP contribution in [0.4, 0.5) is 0 Å². The second kappa shape index (κ2) is 10.4. The molecule has 2 N–H and O–H groups in total. The normalized spacial score (nSPS) is 16.1. The highest BCUT2D eigenvalue weighted by atomic mass is 35.5. The summed E-state index contributed by atoms with van der Waals surface area (Å²) in [5, 5.41) is 22.9. The third-order valence-electron chi connectivity index (χ3n) is 5.49. The Balaban J connectivity index is 1.22. The number of hydrogen-bond acceptors (Lipinski definition) is 6. The maximum Gasteiger partial charge on any atom is 0.253 e. The van der Waals surface area contributed by atoms with Crippen molar-refractivity contribution in [1.82, 2.24) is 20.4 Å². The van der Waals surface area contributed by atoms with Gasteiger partial charge in [0.25, 0.3) is 5.91 Å². The van der Waals surface area contributed by atoms with Gasteiger partial charge in [0.1, 0.15) is 11.9 Å². The zero-order valence-electron chi connectivity index (χ0n) is 17.4. The lowest BCUT2D eigenvalue weighted by atomic mass is 10.1. The molecule has 0 bridgehead atoms. The molecule has 9 heteroatoms. The molecule has 0 unspecified atom stereocenters. The molecule has 1 saturated heterocycles. The van der Waals surface area contributed by atoms with Crippen LogP contribution >= 0.6 is 23.2 Å². The number of carbonyl (C=O) groups excluding carboxylic acids is 1. The summed E-state index contributed by atoms with van der Waals surface area (Å²) in [7, 11) is 0. The molecular weight excluding hydrogens is 451 g/mol. The van der Waals surface area contributed by atoms with Crippen molar-refractivity contribution in [2.24, 2.45) is 0 Å². The van der Waals surface area contributed by atoms with E-state index in [1.165, 1.54) is 6.20 Å². The summed E-state index contributed by atoms with van der Waals surface area (Å²) < 4.78 is 6.01. The fourth-order valence-corrected chi connectivity index (χ4v) is 4.10. The summed E-state index contributed by atoms with van der Waals surface area (Å²) in [4.78, 5) is 14.8. The molecule has 1 aromatic heterocycles. The number of β-amino-alcohol motifs (C(OH)–C–C–N with tert-alkyl or cyclic N) is 1. The third-order valence-corrected chi connectivity index (χ3v) is 6.23. The van der Waals surface area contributed by atoms with Gasteiger partial charge in [0.2, 0.25) is 0 Å². The van der Waals surface area contributed by atoms with E-state index >= 15 is 0 Å². The standard InChI is InChI=1S/C23H24Cl2N4O3/c24-20-6-5-17(11-21(20)25)32-16-7-9-29(10-8-16)14-15(30)12-26-23(31)19-13-27-28-22-4-2-1-3-18(19)22/h1-6,11,13,15-16,30H,7-10,12,14H2,(H,26,31)/t15-/m1/s1. The number of nitrogens with one attached hydrogen (secondary N) is 1. The molecule has 0 saturated carbocycles. The summed E-state index contributed by atoms with van der Waals surface area (Å²) in [5.74, 6) is 0.433. The number of benzene rings is 2. The van der Waals surface area contributed by atoms with Crippen LogP contribution in [0, 0.1) is 0 Å². The van der Waals surface area contributed by atoms with Crippen molar-refractivity contribution in [3.63, 3.8) is 0 Å². The molecule has 32 heavy (non-hydrogen) atoms. The zero-order chi connectivity index (χ0) is 22.5. The van der Waals surface area contributed by atoms with E-state index in [1.807, 2.05) is 30.3 Å². The number of ether oxygens (including phenoxy) is 1. The smallest absolute Gasteiger partial charge is 0.253 e. The molecular formula is C23H24Cl2N4O3. The van der Waals surface area contributed by atoms with Gasteiger partial charge in [-0.2, -0.15) is 10.2 Å². The quantitative estimate of drug-likeness (QED) is 0.544. The van der Waals surface area contributed by atoms with Crippen molar-refractivity contribution >= 4 is 40.0 Å². The van der Waals surface area contributed by atoms with Crippen LogP contribution in [0.1, 0.15) is 23.2 Å². The average Bonchev–Trinajstić information content (AvgIpc) is 2.81. The van der Waals surface area contributed by atoms with Crippen LogP contribution in [0.3, 0.4) is 0 Å². The van der Waals surface area contributed by atoms with E-state index in [0.29, 0.717) is 33.4 Å². The van der Waals surface area contributed by atoms with Gasteiger partial charge in [-0.25, -0.2) is 0 Å². The number of carbonyl (C=O) groups is 1. The summed E-state index contributed by atoms with van der Waals surface area (Å²) >= 11 is 12.0. The molecule has 1 fully saturated rings. The van der Waals surface area contributed by atoms with Gasteiger partial charge in [-0.15, -0.1) is 0 Å². The first-order valence-electron chi connectivity index (χ1n) is 10.5. The Labute approximate surface area is 196 Å². The van der Waals surface area contributed by atoms with Crippen molar-refractivity contribution in [1.29, 1.82) is 0 Å². The number of aromatic nitrogens is 2. The van der Waals surface area contributed by atoms with Crippen LogP contribution in [0.25, 0.3) is 10.9 Å². The van der Waals surface area contributed by atoms with E-state index in [9.17, 15) is 9.90 Å². The third kappa shape index (κ3) is 5.66. The fraction of sp³-hybridized carbons (Fsp3) is 0.348. The Kier molecular flexibility index (Phi) is 7.42. The molecule has 168 valence electrons. The minimum absolute atomic E-state index is 0.0906. The van der Waals surface area contributed by atoms with Crippen LogP contribution in [0.15, 0.2) is 48.7 Å². The van der Waals surface area contributed by atoms with Crippen molar-refractivity contribution in [3.05, 3.63) is 64.3 Å². The summed E-state index contributed by atoms with van der Waals surface area (Å²) in [5.41, 5.74) is 1.11. The molecule has 0 radical (unpaired) electrons. The number of amides is 1. The Morgan fingerprint density at radius 3 is 2.75 bits per heavy atom. The molecule has 4 rings (SSSR count). The second-order valence-electron chi connectivity index (χ2n) is 7.83. The summed E-state index contributed by atoms with van der Waals surface area (Å²) in [6, 6.07) is 12.6. The lowest BCUT2D eigenvalue weighted by Gasteiger charge is -2.33. The number of likely N-dealkylation sites (tertiary alicyclic amines) is 1. The molecule has 1 aliphatic heterocycles. The molecule has 2 aromatic carbocycles. The van der Waals surface area contributed by atoms with Gasteiger partial charge in [-0.3, -0.25) is 4.79 Å². The van der Waals surface area contributed by atoms with E-state index in [-0.39, 0.29) is 18.6 Å². The minimum Gasteiger partial charge on any atom is -0.490 e. The maximum absolute atomic E-state index is 12.6. The topological polar surface area (TPSA) is 87.6 Å². The first-order valence-corrected chi connectivity index (χ1v) is 11.3. The van der Waals surface area contributed by atoms with E-state index in [2.05, 4.69) is 20.4 Å². The van der Waals surface area contributed by atoms with Gasteiger partial charge in [-0.1, -0.05) is 41.4 Å². The van der Waals surface area contributed by atoms with E-state index in [4.69, 9.17) is 27.9 Å². The molecule has 3 aromatic rings. The zero-order valence-corrected chi connectivity index (χ0v) is 18.9. The summed E-state index contributed by atoms with van der Waals surface area (Å²) in [6.45, 7) is 2.25. The highest BCUT2D eigenvalue weighted by Crippen LogP contribution is 2.28. The molecule has 1 aliphatic rings. The van der Waals surface area contributed by atoms with Gasteiger partial charge < -0.3 is 20.1 Å². The maximum atomic E-state index is 12.6. The molecule has 1 atom stereocenters. The van der Waals surface area contributed by atoms with Crippen LogP contribution in [-0.2, 0) is 0 Å². The number of fused-ring (bicyclic) bond motifs is 1. The van der Waals surface area contributed by atoms with Gasteiger partial charge in [-0.05, 0) is 31.0 Å². The van der Waals surface area contributed by atoms with Gasteiger partial charge in [0, 0.05) is 37.6 Å². The Morgan fingerprint density at radius 2 is 1.97 bits per heavy atom. The van der Waals surface area contributed by atoms with Gasteiger partial charge in [0.15, 0.2) is 0 Å². The Hall–Kier alpha value is -2.45. The number of aliphatic hydroxyl groups excluding tert-OH is 1. The molecule has 0 aliphatic carbocycles. The lowest BCUT2D eigenvalue weighted by Crippen LogP contribution is -2.45. The van der Waals surface area contributed by atoms with Crippen molar-refractivity contribution in [2.45, 2.75) is 25.0 Å². The fourth-order valence-electron chi connectivity index (χ4n) is 3.81. The number of halogens is 2. The van der Waals surface area contributed by atoms with Crippen molar-refractivity contribution < 1.29 is 14.6 Å². The highest BCUT2D eigenvalue weighted by Gasteiger charge is 2.23. The van der Waals surface area contributed by atoms with Crippen molar-refractivity contribution in [2.75, 3.05) is 26.2 Å². The highest BCUT2D eigenvalue weighted by molar-refractivity contribution is 6.42. The van der Waals surface area contributed by atoms with Crippen LogP contribution < -0.4 is 10.1 Å². The Bertz CT molecular complexity index is 1080. The first-order chi connectivity index (χ1) is 15.5. The van der Waals surface area contributed by atoms with E-state index in [0.717, 1.165) is 31.3 Å². The van der Waals surface area contributed by atoms with Crippen LogP contribution in [0.5, 0.6) is 5.75 Å². The lowest BCUT2D eigenvalue weighted by molar-refractivity contribution is 0.0594. The summed E-state index contributed by atoms with van der Waals surface area (Å²) in [6.07, 6.45) is 2.55. The number of nitrogens with zero attached hydrogens (tertiary/aromatic N) is 3. The van der Waals surface area contributed by atoms with Crippen LogP contribution in [-0.4, -0.2) is 64.5 Å². The SMILES string of the molecule is O=C(NC[C@@H](O)CN1CCC(Oc2ccc(Cl)c(Cl)c2)CC1)c1cnnc2ccccc12. The van der Waals surface area contributed by atoms with E-state index in [1.54, 1.807) is 12.1 Å². The van der Waals surface area contributed by atoms with E-state index < -0.39 is 6.10 Å². The predicted molar refractivity (Wildman–Crippen MR) is 124 cm³/mol. The van der Waals surface area contributed by atoms with Gasteiger partial charge >= 0.3 is 0 Å². The molecule has 0 spiro atoms. The molecule has 1 amide bonds. The number of piperidine rings is 1. The molecule has 2 heterocycles. The Morgan fingerprint density at radius 1 is 1.19 bits per heavy atom. The monoisotopic (exact) mass is 474 g/mol. The van der Waals surface area contributed by atoms with Crippen molar-refractivity contribution in [3.8, 4) is 5.75 Å². The second-order valence-corrected chi connectivity index (χ2v) is 8.65. The average molecular weight is 475 g/mol. The number of rotatable bonds is 7. The predicted octanol–water partition coefficient (Wildman–Crippen LogP) is 3.57. The van der Waals surface area contributed by atoms with Crippen LogP contribution in [0.2, 0.25) is 10.0 Å². The first kappa shape index (κ1) is 22.7.